The molecule has 0 spiro atoms. The zero-order chi connectivity index (χ0) is 20.4. The summed E-state index contributed by atoms with van der Waals surface area (Å²) in [4.78, 5) is 5.21. The molecule has 1 atom stereocenters. The van der Waals surface area contributed by atoms with E-state index in [1.807, 2.05) is 44.2 Å². The van der Waals surface area contributed by atoms with Crippen LogP contribution in [0.3, 0.4) is 0 Å². The van der Waals surface area contributed by atoms with Crippen LogP contribution in [0.1, 0.15) is 18.1 Å². The SMILES string of the molecule is CCNC(=NCc1cc(C)ccc1OC(F)F)NCCS(=O)c1ccccc1. The fourth-order valence-corrected chi connectivity index (χ4v) is 3.48. The van der Waals surface area contributed by atoms with Crippen molar-refractivity contribution in [2.24, 2.45) is 4.99 Å². The van der Waals surface area contributed by atoms with Gasteiger partial charge in [0.2, 0.25) is 0 Å². The normalized spacial score (nSPS) is 12.7. The number of nitrogens with zero attached hydrogens (tertiary/aromatic N) is 1. The highest BCUT2D eigenvalue weighted by molar-refractivity contribution is 7.85. The zero-order valence-electron chi connectivity index (χ0n) is 16.0. The maximum Gasteiger partial charge on any atom is 0.387 e. The van der Waals surface area contributed by atoms with E-state index in [9.17, 15) is 13.0 Å². The van der Waals surface area contributed by atoms with Gasteiger partial charge in [0.1, 0.15) is 5.75 Å². The molecule has 0 heterocycles. The van der Waals surface area contributed by atoms with Crippen LogP contribution in [0.15, 0.2) is 58.4 Å². The van der Waals surface area contributed by atoms with Gasteiger partial charge < -0.3 is 15.4 Å². The van der Waals surface area contributed by atoms with Gasteiger partial charge in [-0.25, -0.2) is 4.99 Å². The summed E-state index contributed by atoms with van der Waals surface area (Å²) in [6, 6.07) is 14.3. The number of rotatable bonds is 9. The second-order valence-electron chi connectivity index (χ2n) is 5.97. The van der Waals surface area contributed by atoms with Gasteiger partial charge in [0.25, 0.3) is 0 Å². The van der Waals surface area contributed by atoms with Crippen molar-refractivity contribution in [2.75, 3.05) is 18.8 Å². The van der Waals surface area contributed by atoms with Gasteiger partial charge in [0.05, 0.1) is 17.3 Å². The molecule has 0 radical (unpaired) electrons. The lowest BCUT2D eigenvalue weighted by molar-refractivity contribution is -0.0504. The van der Waals surface area contributed by atoms with Gasteiger partial charge in [0, 0.05) is 29.3 Å². The number of guanidine groups is 1. The molecule has 0 saturated heterocycles. The Bertz CT molecular complexity index is 801. The first kappa shape index (κ1) is 21.8. The Labute approximate surface area is 166 Å². The molecule has 0 aromatic heterocycles. The van der Waals surface area contributed by atoms with E-state index in [1.54, 1.807) is 12.1 Å². The van der Waals surface area contributed by atoms with E-state index >= 15 is 0 Å². The first-order valence-electron chi connectivity index (χ1n) is 8.99. The number of hydrogen-bond donors (Lipinski definition) is 2. The topological polar surface area (TPSA) is 62.7 Å². The third-order valence-corrected chi connectivity index (χ3v) is 5.14. The number of ether oxygens (including phenoxy) is 1. The van der Waals surface area contributed by atoms with Crippen molar-refractivity contribution in [3.8, 4) is 5.75 Å². The van der Waals surface area contributed by atoms with Crippen LogP contribution < -0.4 is 15.4 Å². The van der Waals surface area contributed by atoms with Crippen LogP contribution in [0.4, 0.5) is 8.78 Å². The predicted molar refractivity (Wildman–Crippen MR) is 108 cm³/mol. The molecule has 0 bridgehead atoms. The third kappa shape index (κ3) is 7.26. The molecular formula is C20H25F2N3O2S. The van der Waals surface area contributed by atoms with E-state index < -0.39 is 17.4 Å². The van der Waals surface area contributed by atoms with Crippen LogP contribution in [0.2, 0.25) is 0 Å². The van der Waals surface area contributed by atoms with Crippen molar-refractivity contribution < 1.29 is 17.7 Å². The summed E-state index contributed by atoms with van der Waals surface area (Å²) in [7, 11) is -1.11. The van der Waals surface area contributed by atoms with Gasteiger partial charge in [-0.1, -0.05) is 35.9 Å². The lowest BCUT2D eigenvalue weighted by Crippen LogP contribution is -2.39. The van der Waals surface area contributed by atoms with Gasteiger partial charge in [-0.15, -0.1) is 0 Å². The summed E-state index contributed by atoms with van der Waals surface area (Å²) in [6.45, 7) is 2.20. The molecule has 5 nitrogen and oxygen atoms in total. The lowest BCUT2D eigenvalue weighted by atomic mass is 10.1. The maximum absolute atomic E-state index is 12.6. The largest absolute Gasteiger partial charge is 0.434 e. The van der Waals surface area contributed by atoms with Crippen molar-refractivity contribution in [1.82, 2.24) is 10.6 Å². The van der Waals surface area contributed by atoms with E-state index in [2.05, 4.69) is 20.4 Å². The minimum absolute atomic E-state index is 0.116. The second kappa shape index (κ2) is 11.4. The number of nitrogens with one attached hydrogen (secondary N) is 2. The Balaban J connectivity index is 1.98. The molecule has 0 aliphatic heterocycles. The van der Waals surface area contributed by atoms with Crippen LogP contribution in [-0.2, 0) is 17.3 Å². The monoisotopic (exact) mass is 409 g/mol. The van der Waals surface area contributed by atoms with Crippen LogP contribution in [-0.4, -0.2) is 35.6 Å². The third-order valence-electron chi connectivity index (χ3n) is 3.77. The highest BCUT2D eigenvalue weighted by Crippen LogP contribution is 2.22. The lowest BCUT2D eigenvalue weighted by Gasteiger charge is -2.13. The van der Waals surface area contributed by atoms with Crippen molar-refractivity contribution in [1.29, 1.82) is 0 Å². The van der Waals surface area contributed by atoms with E-state index in [4.69, 9.17) is 0 Å². The smallest absolute Gasteiger partial charge is 0.387 e. The highest BCUT2D eigenvalue weighted by atomic mass is 32.2. The van der Waals surface area contributed by atoms with Crippen LogP contribution in [0.5, 0.6) is 5.75 Å². The second-order valence-corrected chi connectivity index (χ2v) is 7.55. The molecule has 0 saturated carbocycles. The summed E-state index contributed by atoms with van der Waals surface area (Å²) >= 11 is 0. The Morgan fingerprint density at radius 3 is 2.61 bits per heavy atom. The van der Waals surface area contributed by atoms with E-state index in [-0.39, 0.29) is 12.3 Å². The molecular weight excluding hydrogens is 384 g/mol. The van der Waals surface area contributed by atoms with Crippen LogP contribution >= 0.6 is 0 Å². The molecule has 0 aliphatic rings. The van der Waals surface area contributed by atoms with Gasteiger partial charge >= 0.3 is 6.61 Å². The van der Waals surface area contributed by atoms with E-state index in [1.165, 1.54) is 6.07 Å². The standard InChI is InChI=1S/C20H25F2N3O2S/c1-3-23-20(24-11-12-28(26)17-7-5-4-6-8-17)25-14-16-13-15(2)9-10-18(16)27-19(21)22/h4-10,13,19H,3,11-12,14H2,1-2H3,(H2,23,24,25). The Morgan fingerprint density at radius 2 is 1.93 bits per heavy atom. The molecule has 0 amide bonds. The summed E-state index contributed by atoms with van der Waals surface area (Å²) in [5.74, 6) is 1.07. The molecule has 2 aromatic carbocycles. The quantitative estimate of drug-likeness (QED) is 0.492. The Morgan fingerprint density at radius 1 is 1.18 bits per heavy atom. The molecule has 8 heteroatoms. The fraction of sp³-hybridized carbons (Fsp3) is 0.350. The molecule has 2 aromatic rings. The molecule has 28 heavy (non-hydrogen) atoms. The number of benzene rings is 2. The first-order valence-corrected chi connectivity index (χ1v) is 10.3. The molecule has 0 aliphatic carbocycles. The average molecular weight is 410 g/mol. The van der Waals surface area contributed by atoms with Crippen molar-refractivity contribution >= 4 is 16.8 Å². The van der Waals surface area contributed by atoms with E-state index in [0.29, 0.717) is 30.4 Å². The van der Waals surface area contributed by atoms with E-state index in [0.717, 1.165) is 10.5 Å². The minimum Gasteiger partial charge on any atom is -0.434 e. The average Bonchev–Trinajstić information content (AvgIpc) is 2.68. The molecule has 0 fully saturated rings. The number of halogens is 2. The predicted octanol–water partition coefficient (Wildman–Crippen LogP) is 3.46. The Hall–Kier alpha value is -2.48. The zero-order valence-corrected chi connectivity index (χ0v) is 16.8. The van der Waals surface area contributed by atoms with Crippen LogP contribution in [0.25, 0.3) is 0 Å². The molecule has 1 unspecified atom stereocenters. The number of hydrogen-bond acceptors (Lipinski definition) is 3. The minimum atomic E-state index is -2.88. The summed E-state index contributed by atoms with van der Waals surface area (Å²) in [6.07, 6.45) is 0. The Kier molecular flexibility index (Phi) is 8.87. The summed E-state index contributed by atoms with van der Waals surface area (Å²) in [5.41, 5.74) is 1.51. The van der Waals surface area contributed by atoms with Crippen LogP contribution in [0, 0.1) is 6.92 Å². The van der Waals surface area contributed by atoms with Crippen molar-refractivity contribution in [3.05, 3.63) is 59.7 Å². The van der Waals surface area contributed by atoms with Gasteiger partial charge in [-0.2, -0.15) is 8.78 Å². The number of aliphatic imine (C=N–C) groups is 1. The number of alkyl halides is 2. The molecule has 2 rings (SSSR count). The van der Waals surface area contributed by atoms with Gasteiger partial charge in [-0.05, 0) is 32.0 Å². The summed E-state index contributed by atoms with van der Waals surface area (Å²) in [5, 5.41) is 6.22. The van der Waals surface area contributed by atoms with Crippen molar-refractivity contribution in [2.45, 2.75) is 31.9 Å². The first-order chi connectivity index (χ1) is 13.5. The van der Waals surface area contributed by atoms with Gasteiger partial charge in [-0.3, -0.25) is 4.21 Å². The number of aryl methyl sites for hydroxylation is 1. The summed E-state index contributed by atoms with van der Waals surface area (Å²) < 4.78 is 42.0. The maximum atomic E-state index is 12.6. The fourth-order valence-electron chi connectivity index (χ4n) is 2.50. The molecule has 152 valence electrons. The molecule has 2 N–H and O–H groups in total. The van der Waals surface area contributed by atoms with Crippen molar-refractivity contribution in [3.63, 3.8) is 0 Å². The highest BCUT2D eigenvalue weighted by Gasteiger charge is 2.10. The van der Waals surface area contributed by atoms with Gasteiger partial charge in [0.15, 0.2) is 5.96 Å².